The standard InChI is InChI=1S/C24H15Br.C24H16/c25-24-21-11-5-3-9-19(21)23(20-10-4-6-12-22(20)24)18-14-13-16-7-1-2-8-17(16)15-18;1-2-8-18-15-21(14-13-17(18)7-1)24-22-11-5-3-9-19(22)16-20-10-4-6-12-23(20)24/h1-15H;1-16H/i1D,2D,3D,4D,5D,6D,7D,8D,9D,10D,11D,12D,13D,14D,15D;1D,2D,3D,4D,5D,6D,7D,8D,9D,10D,11D,12D,13D,14D,15D,16D. The first-order valence-corrected chi connectivity index (χ1v) is 15.0. The maximum Gasteiger partial charge on any atom is 0.0636 e. The molecule has 0 saturated heterocycles. The van der Waals surface area contributed by atoms with E-state index in [-0.39, 0.29) is 37.0 Å². The van der Waals surface area contributed by atoms with E-state index in [2.05, 4.69) is 15.9 Å². The fourth-order valence-corrected chi connectivity index (χ4v) is 5.92. The summed E-state index contributed by atoms with van der Waals surface area (Å²) in [5.74, 6) is 0. The highest BCUT2D eigenvalue weighted by molar-refractivity contribution is 9.10. The number of benzene rings is 10. The van der Waals surface area contributed by atoms with Crippen molar-refractivity contribution in [2.75, 3.05) is 0 Å². The fourth-order valence-electron chi connectivity index (χ4n) is 5.33. The third-order valence-corrected chi connectivity index (χ3v) is 8.23. The van der Waals surface area contributed by atoms with Gasteiger partial charge in [0.1, 0.15) is 0 Å². The summed E-state index contributed by atoms with van der Waals surface area (Å²) in [6, 6.07) is -21.0. The minimum absolute atomic E-state index is 0.0629. The van der Waals surface area contributed by atoms with Crippen LogP contribution in [0.1, 0.15) is 42.5 Å². The molecule has 49 heavy (non-hydrogen) atoms. The van der Waals surface area contributed by atoms with Crippen LogP contribution in [0, 0.1) is 0 Å². The van der Waals surface area contributed by atoms with Gasteiger partial charge in [0.2, 0.25) is 0 Å². The molecule has 0 heterocycles. The lowest BCUT2D eigenvalue weighted by Crippen LogP contribution is -1.87. The molecule has 0 atom stereocenters. The largest absolute Gasteiger partial charge is 0.0636 e. The summed E-state index contributed by atoms with van der Waals surface area (Å²) in [5.41, 5.74) is -1.78. The summed E-state index contributed by atoms with van der Waals surface area (Å²) in [6.45, 7) is 0. The van der Waals surface area contributed by atoms with Crippen LogP contribution in [-0.4, -0.2) is 0 Å². The first kappa shape index (κ1) is 11.4. The molecule has 0 N–H and O–H groups in total. The van der Waals surface area contributed by atoms with Gasteiger partial charge < -0.3 is 0 Å². The molecule has 0 spiro atoms. The van der Waals surface area contributed by atoms with Crippen LogP contribution in [0.5, 0.6) is 0 Å². The van der Waals surface area contributed by atoms with E-state index in [1.54, 1.807) is 0 Å². The van der Waals surface area contributed by atoms with E-state index in [1.165, 1.54) is 0 Å². The highest BCUT2D eigenvalue weighted by Gasteiger charge is 2.14. The van der Waals surface area contributed by atoms with Gasteiger partial charge >= 0.3 is 0 Å². The number of hydrogen-bond donors (Lipinski definition) is 0. The summed E-state index contributed by atoms with van der Waals surface area (Å²) >= 11 is 3.28. The average Bonchev–Trinajstić information content (AvgIpc) is 3.60. The Balaban J connectivity index is 0.000000194. The van der Waals surface area contributed by atoms with Gasteiger partial charge in [-0.1, -0.05) is 169 Å². The number of rotatable bonds is 2. The summed E-state index contributed by atoms with van der Waals surface area (Å²) in [4.78, 5) is 0. The molecule has 0 nitrogen and oxygen atoms in total. The minimum Gasteiger partial charge on any atom is -0.0616 e. The molecule has 230 valence electrons. The molecule has 0 aliphatic rings. The van der Waals surface area contributed by atoms with E-state index in [0.29, 0.717) is 0 Å². The molecule has 0 unspecified atom stereocenters. The molecule has 10 rings (SSSR count). The lowest BCUT2D eigenvalue weighted by Gasteiger charge is -2.15. The Kier molecular flexibility index (Phi) is 2.88. The predicted molar refractivity (Wildman–Crippen MR) is 216 cm³/mol. The van der Waals surface area contributed by atoms with Gasteiger partial charge in [-0.15, -0.1) is 0 Å². The Labute approximate surface area is 337 Å². The van der Waals surface area contributed by atoms with Gasteiger partial charge in [-0.25, -0.2) is 0 Å². The van der Waals surface area contributed by atoms with Crippen LogP contribution in [-0.2, 0) is 0 Å². The van der Waals surface area contributed by atoms with E-state index in [4.69, 9.17) is 42.5 Å². The molecule has 0 bridgehead atoms. The molecule has 0 aliphatic heterocycles. The van der Waals surface area contributed by atoms with Crippen LogP contribution in [0.15, 0.2) is 192 Å². The molecule has 0 saturated carbocycles. The van der Waals surface area contributed by atoms with Gasteiger partial charge in [0, 0.05) is 4.47 Å². The molecule has 10 aromatic carbocycles. The average molecular weight is 719 g/mol. The maximum absolute atomic E-state index is 9.02. The highest BCUT2D eigenvalue weighted by Crippen LogP contribution is 2.42. The van der Waals surface area contributed by atoms with Crippen molar-refractivity contribution in [1.82, 2.24) is 0 Å². The van der Waals surface area contributed by atoms with Gasteiger partial charge in [-0.05, 0) is 121 Å². The van der Waals surface area contributed by atoms with E-state index >= 15 is 0 Å². The van der Waals surface area contributed by atoms with Gasteiger partial charge in [0.15, 0.2) is 0 Å². The highest BCUT2D eigenvalue weighted by atomic mass is 79.9. The maximum atomic E-state index is 9.02. The van der Waals surface area contributed by atoms with E-state index in [1.807, 2.05) is 0 Å². The quantitative estimate of drug-likeness (QED) is 0.156. The van der Waals surface area contributed by atoms with E-state index in [0.717, 1.165) is 0 Å². The summed E-state index contributed by atoms with van der Waals surface area (Å²) < 4.78 is 262. The topological polar surface area (TPSA) is 0 Å². The third-order valence-electron chi connectivity index (χ3n) is 7.44. The molecular weight excluding hydrogens is 656 g/mol. The molecule has 10 aromatic rings. The van der Waals surface area contributed by atoms with E-state index < -0.39 is 242 Å². The Morgan fingerprint density at radius 2 is 0.612 bits per heavy atom. The second-order valence-corrected chi connectivity index (χ2v) is 11.0. The Morgan fingerprint density at radius 3 is 1.06 bits per heavy atom. The van der Waals surface area contributed by atoms with Gasteiger partial charge in [-0.2, -0.15) is 0 Å². The van der Waals surface area contributed by atoms with Crippen molar-refractivity contribution < 1.29 is 42.5 Å². The molecule has 0 radical (unpaired) electrons. The first-order valence-electron chi connectivity index (χ1n) is 29.7. The third kappa shape index (κ3) is 5.24. The van der Waals surface area contributed by atoms with Crippen LogP contribution >= 0.6 is 15.9 Å². The van der Waals surface area contributed by atoms with E-state index in [9.17, 15) is 0 Å². The molecule has 1 heteroatoms. The second-order valence-electron chi connectivity index (χ2n) is 10.2. The zero-order chi connectivity index (χ0) is 59.7. The van der Waals surface area contributed by atoms with Crippen LogP contribution in [0.3, 0.4) is 0 Å². The molecule has 0 aliphatic carbocycles. The number of fused-ring (bicyclic) bond motifs is 6. The van der Waals surface area contributed by atoms with Gasteiger partial charge in [-0.3, -0.25) is 0 Å². The molecular formula is C48H31Br. The lowest BCUT2D eigenvalue weighted by molar-refractivity contribution is 1.69. The van der Waals surface area contributed by atoms with Crippen LogP contribution in [0.25, 0.3) is 86.9 Å². The molecule has 0 aromatic heterocycles. The Morgan fingerprint density at radius 1 is 0.286 bits per heavy atom. The number of hydrogen-bond acceptors (Lipinski definition) is 0. The predicted octanol–water partition coefficient (Wildman–Crippen LogP) is 14.4. The Hall–Kier alpha value is -5.76. The van der Waals surface area contributed by atoms with Crippen molar-refractivity contribution in [3.8, 4) is 22.3 Å². The van der Waals surface area contributed by atoms with Crippen LogP contribution in [0.4, 0.5) is 0 Å². The SMILES string of the molecule is [2H]c1c([2H])c([2H])c2c([2H])c(-c3c4c([2H])c([2H])c([2H])c([2H])c4c(Br)c4c([2H])c([2H])c([2H])c([2H])c34)c([2H])c([2H])c2c1[2H].[2H]c1c([2H])c([2H])c2c([2H])c(-c3c4c([2H])c([2H])c([2H])c([2H])c4c([2H])c4c([2H])c([2H])c([2H])c([2H])c34)c([2H])c([2H])c2c1[2H]. The zero-order valence-corrected chi connectivity index (χ0v) is 26.0. The molecule has 0 amide bonds. The van der Waals surface area contributed by atoms with Gasteiger partial charge in [0.05, 0.1) is 42.5 Å². The van der Waals surface area contributed by atoms with Gasteiger partial charge in [0.25, 0.3) is 0 Å². The Bertz CT molecular complexity index is 4160. The van der Waals surface area contributed by atoms with Crippen molar-refractivity contribution in [2.45, 2.75) is 0 Å². The number of halogens is 1. The zero-order valence-electron chi connectivity index (χ0n) is 55.4. The molecule has 0 fully saturated rings. The summed E-state index contributed by atoms with van der Waals surface area (Å²) in [5, 5.41) is -4.29. The summed E-state index contributed by atoms with van der Waals surface area (Å²) in [6.07, 6.45) is 0. The van der Waals surface area contributed by atoms with Crippen LogP contribution < -0.4 is 0 Å². The van der Waals surface area contributed by atoms with Crippen LogP contribution in [0.2, 0.25) is 0 Å². The lowest BCUT2D eigenvalue weighted by atomic mass is 9.91. The van der Waals surface area contributed by atoms with Crippen molar-refractivity contribution >= 4 is 80.6 Å². The van der Waals surface area contributed by atoms with Crippen molar-refractivity contribution in [3.63, 3.8) is 0 Å². The van der Waals surface area contributed by atoms with Crippen molar-refractivity contribution in [3.05, 3.63) is 192 Å². The fraction of sp³-hybridized carbons (Fsp3) is 0. The first-order chi connectivity index (χ1) is 37.1. The smallest absolute Gasteiger partial charge is 0.0616 e. The minimum atomic E-state index is -0.761. The second kappa shape index (κ2) is 12.4. The normalized spacial score (nSPS) is 20.2. The summed E-state index contributed by atoms with van der Waals surface area (Å²) in [7, 11) is 0. The van der Waals surface area contributed by atoms with Crippen molar-refractivity contribution in [1.29, 1.82) is 0 Å². The van der Waals surface area contributed by atoms with Crippen molar-refractivity contribution in [2.24, 2.45) is 0 Å². The monoisotopic (exact) mass is 717 g/mol.